The Morgan fingerprint density at radius 2 is 1.70 bits per heavy atom. The molecule has 1 aliphatic heterocycles. The van der Waals surface area contributed by atoms with Crippen LogP contribution < -0.4 is 15.5 Å². The number of amides is 3. The fraction of sp³-hybridized carbons (Fsp3) is 0.250. The van der Waals surface area contributed by atoms with E-state index in [1.54, 1.807) is 29.2 Å². The number of nitrogens with zero attached hydrogens (tertiary/aromatic N) is 3. The topological polar surface area (TPSA) is 96.3 Å². The van der Waals surface area contributed by atoms with Crippen molar-refractivity contribution in [1.29, 1.82) is 0 Å². The number of anilines is 3. The molecule has 0 fully saturated rings. The van der Waals surface area contributed by atoms with E-state index in [9.17, 15) is 14.4 Å². The monoisotopic (exact) mass is 463 g/mol. The Bertz CT molecular complexity index is 1170. The van der Waals surface area contributed by atoms with E-state index in [0.29, 0.717) is 30.1 Å². The van der Waals surface area contributed by atoms with E-state index in [0.717, 1.165) is 22.1 Å². The zero-order chi connectivity index (χ0) is 23.4. The molecule has 170 valence electrons. The molecule has 2 aromatic carbocycles. The molecular weight excluding hydrogens is 438 g/mol. The van der Waals surface area contributed by atoms with Crippen LogP contribution in [0.4, 0.5) is 17.1 Å². The van der Waals surface area contributed by atoms with Crippen molar-refractivity contribution >= 4 is 46.5 Å². The molecule has 9 heteroatoms. The van der Waals surface area contributed by atoms with Gasteiger partial charge < -0.3 is 15.5 Å². The van der Waals surface area contributed by atoms with Gasteiger partial charge in [0.25, 0.3) is 0 Å². The van der Waals surface area contributed by atoms with E-state index in [1.165, 1.54) is 18.7 Å². The number of benzene rings is 2. The normalized spacial score (nSPS) is 12.9. The lowest BCUT2D eigenvalue weighted by molar-refractivity contribution is -0.117. The number of hydrogen-bond acceptors (Lipinski definition) is 5. The van der Waals surface area contributed by atoms with E-state index in [1.807, 2.05) is 41.9 Å². The molecule has 1 aliphatic rings. The van der Waals surface area contributed by atoms with E-state index >= 15 is 0 Å². The molecule has 1 aromatic heterocycles. The van der Waals surface area contributed by atoms with Crippen molar-refractivity contribution in [3.8, 4) is 5.69 Å². The summed E-state index contributed by atoms with van der Waals surface area (Å²) in [5.41, 5.74) is 3.89. The third kappa shape index (κ3) is 5.25. The number of rotatable bonds is 7. The molecule has 0 saturated carbocycles. The summed E-state index contributed by atoms with van der Waals surface area (Å²) in [6.07, 6.45) is 0.813. The maximum atomic E-state index is 12.7. The van der Waals surface area contributed by atoms with Gasteiger partial charge in [0, 0.05) is 31.3 Å². The highest BCUT2D eigenvalue weighted by molar-refractivity contribution is 8.00. The molecule has 3 aromatic rings. The maximum Gasteiger partial charge on any atom is 0.237 e. The Morgan fingerprint density at radius 1 is 1.03 bits per heavy atom. The fourth-order valence-corrected chi connectivity index (χ4v) is 4.79. The molecule has 0 aliphatic carbocycles. The zero-order valence-corrected chi connectivity index (χ0v) is 19.3. The van der Waals surface area contributed by atoms with Crippen LogP contribution in [0.15, 0.2) is 59.6 Å². The number of nitrogens with one attached hydrogen (secondary N) is 2. The van der Waals surface area contributed by atoms with Gasteiger partial charge in [0.05, 0.1) is 22.8 Å². The summed E-state index contributed by atoms with van der Waals surface area (Å²) in [5.74, 6) is 0.0954. The van der Waals surface area contributed by atoms with E-state index in [2.05, 4.69) is 15.7 Å². The third-order valence-electron chi connectivity index (χ3n) is 5.17. The Morgan fingerprint density at radius 3 is 2.36 bits per heavy atom. The summed E-state index contributed by atoms with van der Waals surface area (Å²) in [6, 6.07) is 16.8. The number of aromatic nitrogens is 2. The summed E-state index contributed by atoms with van der Waals surface area (Å²) in [6.45, 7) is 3.79. The van der Waals surface area contributed by atoms with Crippen LogP contribution in [0.25, 0.3) is 5.69 Å². The van der Waals surface area contributed by atoms with Gasteiger partial charge in [-0.2, -0.15) is 5.10 Å². The highest BCUT2D eigenvalue weighted by atomic mass is 32.2. The summed E-state index contributed by atoms with van der Waals surface area (Å²) < 4.78 is 1.88. The molecule has 0 unspecified atom stereocenters. The lowest BCUT2D eigenvalue weighted by Crippen LogP contribution is -2.36. The van der Waals surface area contributed by atoms with Crippen LogP contribution in [0.3, 0.4) is 0 Å². The molecule has 2 heterocycles. The second-order valence-corrected chi connectivity index (χ2v) is 8.69. The number of carbonyl (C=O) groups excluding carboxylic acids is 3. The van der Waals surface area contributed by atoms with Gasteiger partial charge in [-0.25, -0.2) is 4.68 Å². The number of carbonyl (C=O) groups is 3. The summed E-state index contributed by atoms with van der Waals surface area (Å²) >= 11 is 1.49. The molecule has 4 rings (SSSR count). The minimum atomic E-state index is -0.148. The van der Waals surface area contributed by atoms with Crippen LogP contribution in [0.2, 0.25) is 0 Å². The van der Waals surface area contributed by atoms with Crippen LogP contribution in [0, 0.1) is 6.92 Å². The van der Waals surface area contributed by atoms with Crippen LogP contribution in [-0.2, 0) is 14.4 Å². The largest absolute Gasteiger partial charge is 0.326 e. The van der Waals surface area contributed by atoms with Crippen molar-refractivity contribution < 1.29 is 14.4 Å². The highest BCUT2D eigenvalue weighted by Gasteiger charge is 2.31. The van der Waals surface area contributed by atoms with Crippen LogP contribution in [-0.4, -0.2) is 39.8 Å². The standard InChI is InChI=1S/C24H25N5O3S/c1-16-23-24(29(27-16)20-7-4-3-5-8-20)33-15-22(32)28(23)14-6-9-21(31)26-19-12-10-18(11-13-19)25-17(2)30/h3-5,7-8,10-13H,6,9,14-15H2,1-2H3,(H,25,30)(H,26,31). The van der Waals surface area contributed by atoms with Crippen molar-refractivity contribution in [1.82, 2.24) is 9.78 Å². The second-order valence-electron chi connectivity index (χ2n) is 7.73. The van der Waals surface area contributed by atoms with E-state index in [4.69, 9.17) is 0 Å². The Labute approximate surface area is 196 Å². The molecular formula is C24H25N5O3S. The van der Waals surface area contributed by atoms with Gasteiger partial charge >= 0.3 is 0 Å². The third-order valence-corrected chi connectivity index (χ3v) is 6.20. The number of para-hydroxylation sites is 1. The van der Waals surface area contributed by atoms with Crippen molar-refractivity contribution in [2.75, 3.05) is 27.8 Å². The molecule has 0 saturated heterocycles. The average Bonchev–Trinajstić information content (AvgIpc) is 3.13. The molecule has 3 amide bonds. The molecule has 8 nitrogen and oxygen atoms in total. The lowest BCUT2D eigenvalue weighted by Gasteiger charge is -2.27. The van der Waals surface area contributed by atoms with Gasteiger partial charge in [0.15, 0.2) is 0 Å². The number of hydrogen-bond donors (Lipinski definition) is 2. The minimum absolute atomic E-state index is 0.0252. The number of fused-ring (bicyclic) bond motifs is 1. The minimum Gasteiger partial charge on any atom is -0.326 e. The van der Waals surface area contributed by atoms with Crippen molar-refractivity contribution in [2.24, 2.45) is 0 Å². The molecule has 0 atom stereocenters. The molecule has 0 bridgehead atoms. The first-order chi connectivity index (χ1) is 15.9. The Hall–Kier alpha value is -3.59. The van der Waals surface area contributed by atoms with Crippen molar-refractivity contribution in [3.63, 3.8) is 0 Å². The number of thioether (sulfide) groups is 1. The SMILES string of the molecule is CC(=O)Nc1ccc(NC(=O)CCCN2C(=O)CSc3c2c(C)nn3-c2ccccc2)cc1. The molecule has 0 spiro atoms. The first-order valence-electron chi connectivity index (χ1n) is 10.7. The molecule has 33 heavy (non-hydrogen) atoms. The summed E-state index contributed by atoms with van der Waals surface area (Å²) in [4.78, 5) is 37.9. The van der Waals surface area contributed by atoms with E-state index < -0.39 is 0 Å². The van der Waals surface area contributed by atoms with Gasteiger partial charge in [-0.05, 0) is 49.7 Å². The molecule has 2 N–H and O–H groups in total. The molecule has 0 radical (unpaired) electrons. The van der Waals surface area contributed by atoms with Gasteiger partial charge in [-0.3, -0.25) is 14.4 Å². The number of aryl methyl sites for hydroxylation is 1. The smallest absolute Gasteiger partial charge is 0.237 e. The van der Waals surface area contributed by atoms with Crippen LogP contribution in [0.1, 0.15) is 25.5 Å². The van der Waals surface area contributed by atoms with Crippen molar-refractivity contribution in [3.05, 3.63) is 60.3 Å². The van der Waals surface area contributed by atoms with Gasteiger partial charge in [0.1, 0.15) is 5.03 Å². The first-order valence-corrected chi connectivity index (χ1v) is 11.7. The first kappa shape index (κ1) is 22.6. The van der Waals surface area contributed by atoms with E-state index in [-0.39, 0.29) is 24.1 Å². The summed E-state index contributed by atoms with van der Waals surface area (Å²) in [5, 5.41) is 11.2. The van der Waals surface area contributed by atoms with Crippen LogP contribution >= 0.6 is 11.8 Å². The predicted octanol–water partition coefficient (Wildman–Crippen LogP) is 4.00. The van der Waals surface area contributed by atoms with Gasteiger partial charge in [-0.15, -0.1) is 0 Å². The van der Waals surface area contributed by atoms with Gasteiger partial charge in [-0.1, -0.05) is 30.0 Å². The summed E-state index contributed by atoms with van der Waals surface area (Å²) in [7, 11) is 0. The van der Waals surface area contributed by atoms with Crippen LogP contribution in [0.5, 0.6) is 0 Å². The second kappa shape index (κ2) is 9.91. The Kier molecular flexibility index (Phi) is 6.79. The lowest BCUT2D eigenvalue weighted by atomic mass is 10.2. The highest BCUT2D eigenvalue weighted by Crippen LogP contribution is 2.39. The fourth-order valence-electron chi connectivity index (χ4n) is 3.71. The maximum absolute atomic E-state index is 12.7. The van der Waals surface area contributed by atoms with Gasteiger partial charge in [0.2, 0.25) is 17.7 Å². The predicted molar refractivity (Wildman–Crippen MR) is 130 cm³/mol. The van der Waals surface area contributed by atoms with Crippen molar-refractivity contribution in [2.45, 2.75) is 31.7 Å². The quantitative estimate of drug-likeness (QED) is 0.552. The Balaban J connectivity index is 1.38. The zero-order valence-electron chi connectivity index (χ0n) is 18.5. The average molecular weight is 464 g/mol.